The molecule has 1 aromatic rings. The fourth-order valence-corrected chi connectivity index (χ4v) is 2.20. The standard InChI is InChI=1S/C9H9Br2N/c10-7-4-6-2-1-3-12-9(6)5-8(7)11/h4-5,12H,1-3H2. The molecular weight excluding hydrogens is 282 g/mol. The van der Waals surface area contributed by atoms with Gasteiger partial charge in [-0.05, 0) is 62.4 Å². The van der Waals surface area contributed by atoms with E-state index in [0.717, 1.165) is 15.5 Å². The number of fused-ring (bicyclic) bond motifs is 1. The van der Waals surface area contributed by atoms with Crippen molar-refractivity contribution in [3.05, 3.63) is 26.6 Å². The Kier molecular flexibility index (Phi) is 2.42. The summed E-state index contributed by atoms with van der Waals surface area (Å²) in [5.41, 5.74) is 2.69. The number of nitrogens with one attached hydrogen (secondary N) is 1. The first kappa shape index (κ1) is 8.57. The van der Waals surface area contributed by atoms with Crippen LogP contribution in [0.4, 0.5) is 5.69 Å². The van der Waals surface area contributed by atoms with E-state index in [-0.39, 0.29) is 0 Å². The minimum absolute atomic E-state index is 1.10. The number of anilines is 1. The van der Waals surface area contributed by atoms with Gasteiger partial charge < -0.3 is 5.32 Å². The van der Waals surface area contributed by atoms with Gasteiger partial charge in [-0.1, -0.05) is 0 Å². The molecule has 0 unspecified atom stereocenters. The molecule has 0 aromatic heterocycles. The lowest BCUT2D eigenvalue weighted by Gasteiger charge is -2.18. The molecule has 0 fully saturated rings. The molecule has 1 heterocycles. The molecule has 3 heteroatoms. The molecule has 64 valence electrons. The van der Waals surface area contributed by atoms with Gasteiger partial charge in [0.2, 0.25) is 0 Å². The fourth-order valence-electron chi connectivity index (χ4n) is 1.46. The van der Waals surface area contributed by atoms with E-state index in [1.54, 1.807) is 0 Å². The van der Waals surface area contributed by atoms with Crippen molar-refractivity contribution < 1.29 is 0 Å². The molecule has 2 rings (SSSR count). The fraction of sp³-hybridized carbons (Fsp3) is 0.333. The Balaban J connectivity index is 2.49. The maximum atomic E-state index is 3.50. The van der Waals surface area contributed by atoms with E-state index in [9.17, 15) is 0 Å². The number of hydrogen-bond acceptors (Lipinski definition) is 1. The van der Waals surface area contributed by atoms with Crippen molar-refractivity contribution in [2.75, 3.05) is 11.9 Å². The van der Waals surface area contributed by atoms with Gasteiger partial charge in [0.05, 0.1) is 0 Å². The van der Waals surface area contributed by atoms with Crippen molar-refractivity contribution in [1.29, 1.82) is 0 Å². The van der Waals surface area contributed by atoms with Crippen LogP contribution in [-0.2, 0) is 6.42 Å². The van der Waals surface area contributed by atoms with E-state index in [4.69, 9.17) is 0 Å². The van der Waals surface area contributed by atoms with Crippen LogP contribution in [-0.4, -0.2) is 6.54 Å². The normalized spacial score (nSPS) is 15.2. The number of benzene rings is 1. The van der Waals surface area contributed by atoms with E-state index in [1.165, 1.54) is 24.1 Å². The second-order valence-electron chi connectivity index (χ2n) is 2.95. The average molecular weight is 291 g/mol. The summed E-state index contributed by atoms with van der Waals surface area (Å²) in [4.78, 5) is 0. The van der Waals surface area contributed by atoms with Crippen LogP contribution < -0.4 is 5.32 Å². The second kappa shape index (κ2) is 3.38. The maximum Gasteiger partial charge on any atom is 0.0384 e. The Hall–Kier alpha value is -0.0200. The number of hydrogen-bond donors (Lipinski definition) is 1. The summed E-state index contributed by atoms with van der Waals surface area (Å²) in [6, 6.07) is 4.32. The molecule has 0 saturated carbocycles. The van der Waals surface area contributed by atoms with E-state index in [1.807, 2.05) is 0 Å². The minimum Gasteiger partial charge on any atom is -0.385 e. The highest BCUT2D eigenvalue weighted by atomic mass is 79.9. The van der Waals surface area contributed by atoms with Crippen LogP contribution in [0.25, 0.3) is 0 Å². The van der Waals surface area contributed by atoms with Gasteiger partial charge >= 0.3 is 0 Å². The Morgan fingerprint density at radius 1 is 1.17 bits per heavy atom. The first-order valence-corrected chi connectivity index (χ1v) is 5.58. The monoisotopic (exact) mass is 289 g/mol. The predicted molar refractivity (Wildman–Crippen MR) is 58.7 cm³/mol. The minimum atomic E-state index is 1.10. The van der Waals surface area contributed by atoms with Gasteiger partial charge in [-0.3, -0.25) is 0 Å². The molecule has 1 aromatic carbocycles. The topological polar surface area (TPSA) is 12.0 Å². The first-order valence-electron chi connectivity index (χ1n) is 3.99. The molecule has 1 aliphatic heterocycles. The zero-order valence-corrected chi connectivity index (χ0v) is 9.70. The largest absolute Gasteiger partial charge is 0.385 e. The molecule has 0 spiro atoms. The Morgan fingerprint density at radius 2 is 1.92 bits per heavy atom. The van der Waals surface area contributed by atoms with E-state index in [2.05, 4.69) is 49.3 Å². The third-order valence-electron chi connectivity index (χ3n) is 2.08. The van der Waals surface area contributed by atoms with E-state index < -0.39 is 0 Å². The third-order valence-corrected chi connectivity index (χ3v) is 3.93. The lowest BCUT2D eigenvalue weighted by atomic mass is 10.0. The van der Waals surface area contributed by atoms with Gasteiger partial charge in [-0.15, -0.1) is 0 Å². The van der Waals surface area contributed by atoms with Gasteiger partial charge in [0.15, 0.2) is 0 Å². The highest BCUT2D eigenvalue weighted by molar-refractivity contribution is 9.13. The molecule has 0 atom stereocenters. The zero-order valence-electron chi connectivity index (χ0n) is 6.53. The summed E-state index contributed by atoms with van der Waals surface area (Å²) in [6.45, 7) is 1.10. The SMILES string of the molecule is Brc1cc2c(cc1Br)NCCC2. The van der Waals surface area contributed by atoms with Gasteiger partial charge in [0, 0.05) is 21.2 Å². The number of halogens is 2. The Morgan fingerprint density at radius 3 is 2.75 bits per heavy atom. The summed E-state index contributed by atoms with van der Waals surface area (Å²) in [7, 11) is 0. The van der Waals surface area contributed by atoms with Crippen LogP contribution in [0.5, 0.6) is 0 Å². The molecule has 0 bridgehead atoms. The molecule has 1 N–H and O–H groups in total. The molecule has 0 radical (unpaired) electrons. The lowest BCUT2D eigenvalue weighted by Crippen LogP contribution is -2.11. The zero-order chi connectivity index (χ0) is 8.55. The number of rotatable bonds is 0. The van der Waals surface area contributed by atoms with Gasteiger partial charge in [0.25, 0.3) is 0 Å². The molecule has 1 aliphatic rings. The summed E-state index contributed by atoms with van der Waals surface area (Å²) < 4.78 is 2.26. The Bertz CT molecular complexity index is 279. The van der Waals surface area contributed by atoms with E-state index >= 15 is 0 Å². The van der Waals surface area contributed by atoms with Crippen LogP contribution in [0.3, 0.4) is 0 Å². The predicted octanol–water partition coefficient (Wildman–Crippen LogP) is 3.57. The van der Waals surface area contributed by atoms with Crippen molar-refractivity contribution in [2.45, 2.75) is 12.8 Å². The van der Waals surface area contributed by atoms with Gasteiger partial charge in [-0.2, -0.15) is 0 Å². The maximum absolute atomic E-state index is 3.50. The summed E-state index contributed by atoms with van der Waals surface area (Å²) in [5, 5.41) is 3.38. The van der Waals surface area contributed by atoms with Crippen LogP contribution in [0, 0.1) is 0 Å². The van der Waals surface area contributed by atoms with Crippen LogP contribution >= 0.6 is 31.9 Å². The first-order chi connectivity index (χ1) is 5.77. The smallest absolute Gasteiger partial charge is 0.0384 e. The molecule has 12 heavy (non-hydrogen) atoms. The summed E-state index contributed by atoms with van der Waals surface area (Å²) >= 11 is 6.99. The highest BCUT2D eigenvalue weighted by Gasteiger charge is 2.10. The summed E-state index contributed by atoms with van der Waals surface area (Å²) in [5.74, 6) is 0. The van der Waals surface area contributed by atoms with Crippen molar-refractivity contribution in [1.82, 2.24) is 0 Å². The third kappa shape index (κ3) is 1.52. The summed E-state index contributed by atoms with van der Waals surface area (Å²) in [6.07, 6.45) is 2.43. The highest BCUT2D eigenvalue weighted by Crippen LogP contribution is 2.31. The molecule has 0 aliphatic carbocycles. The van der Waals surface area contributed by atoms with Crippen molar-refractivity contribution in [3.63, 3.8) is 0 Å². The quantitative estimate of drug-likeness (QED) is 0.770. The number of aryl methyl sites for hydroxylation is 1. The van der Waals surface area contributed by atoms with Crippen molar-refractivity contribution in [2.24, 2.45) is 0 Å². The molecule has 0 amide bonds. The molecule has 1 nitrogen and oxygen atoms in total. The average Bonchev–Trinajstić information content (AvgIpc) is 2.07. The van der Waals surface area contributed by atoms with Crippen molar-refractivity contribution in [3.8, 4) is 0 Å². The lowest BCUT2D eigenvalue weighted by molar-refractivity contribution is 0.829. The van der Waals surface area contributed by atoms with E-state index in [0.29, 0.717) is 0 Å². The van der Waals surface area contributed by atoms with Crippen LogP contribution in [0.2, 0.25) is 0 Å². The van der Waals surface area contributed by atoms with Crippen molar-refractivity contribution >= 4 is 37.5 Å². The van der Waals surface area contributed by atoms with Crippen LogP contribution in [0.15, 0.2) is 21.1 Å². The molecule has 0 saturated heterocycles. The van der Waals surface area contributed by atoms with Gasteiger partial charge in [0.1, 0.15) is 0 Å². The van der Waals surface area contributed by atoms with Gasteiger partial charge in [-0.25, -0.2) is 0 Å². The molecular formula is C9H9Br2N. The van der Waals surface area contributed by atoms with Crippen LogP contribution in [0.1, 0.15) is 12.0 Å². The Labute approximate surface area is 88.8 Å². The second-order valence-corrected chi connectivity index (χ2v) is 4.66.